The van der Waals surface area contributed by atoms with Gasteiger partial charge in [0.15, 0.2) is 0 Å². The summed E-state index contributed by atoms with van der Waals surface area (Å²) in [6.07, 6.45) is 7.40. The van der Waals surface area contributed by atoms with Crippen molar-refractivity contribution in [2.24, 2.45) is 0 Å². The molecule has 1 saturated heterocycles. The third-order valence-electron chi connectivity index (χ3n) is 3.70. The van der Waals surface area contributed by atoms with Gasteiger partial charge in [-0.2, -0.15) is 0 Å². The SMILES string of the molecule is C[C@@H]1CCCCN1c1ccc(-n2cnnc2)cc1. The molecule has 0 spiro atoms. The Bertz CT molecular complexity index is 489. The minimum Gasteiger partial charge on any atom is -0.369 e. The van der Waals surface area contributed by atoms with Gasteiger partial charge in [-0.05, 0) is 50.5 Å². The lowest BCUT2D eigenvalue weighted by Crippen LogP contribution is -2.37. The van der Waals surface area contributed by atoms with Crippen molar-refractivity contribution in [3.63, 3.8) is 0 Å². The first kappa shape index (κ1) is 11.3. The second-order valence-corrected chi connectivity index (χ2v) is 4.92. The van der Waals surface area contributed by atoms with Gasteiger partial charge in [-0.15, -0.1) is 10.2 Å². The van der Waals surface area contributed by atoms with E-state index >= 15 is 0 Å². The van der Waals surface area contributed by atoms with Gasteiger partial charge >= 0.3 is 0 Å². The van der Waals surface area contributed by atoms with Crippen LogP contribution < -0.4 is 4.90 Å². The third kappa shape index (κ3) is 2.10. The Labute approximate surface area is 107 Å². The van der Waals surface area contributed by atoms with Gasteiger partial charge < -0.3 is 4.90 Å². The van der Waals surface area contributed by atoms with Crippen LogP contribution in [-0.2, 0) is 0 Å². The Morgan fingerprint density at radius 2 is 1.67 bits per heavy atom. The van der Waals surface area contributed by atoms with E-state index < -0.39 is 0 Å². The second kappa shape index (κ2) is 4.80. The van der Waals surface area contributed by atoms with Gasteiger partial charge in [0.05, 0.1) is 0 Å². The van der Waals surface area contributed by atoms with E-state index in [4.69, 9.17) is 0 Å². The molecular formula is C14H18N4. The standard InChI is InChI=1S/C14H18N4/c1-12-4-2-3-9-18(12)14-7-5-13(6-8-14)17-10-15-16-11-17/h5-8,10-12H,2-4,9H2,1H3/t12-/m1/s1. The summed E-state index contributed by atoms with van der Waals surface area (Å²) in [5.74, 6) is 0. The predicted octanol–water partition coefficient (Wildman–Crippen LogP) is 2.65. The van der Waals surface area contributed by atoms with Crippen LogP contribution in [0.1, 0.15) is 26.2 Å². The Morgan fingerprint density at radius 3 is 2.33 bits per heavy atom. The van der Waals surface area contributed by atoms with E-state index in [-0.39, 0.29) is 0 Å². The first-order chi connectivity index (χ1) is 8.84. The van der Waals surface area contributed by atoms with Crippen LogP contribution in [0.4, 0.5) is 5.69 Å². The highest BCUT2D eigenvalue weighted by Gasteiger charge is 2.18. The normalized spacial score (nSPS) is 20.1. The largest absolute Gasteiger partial charge is 0.369 e. The van der Waals surface area contributed by atoms with Crippen molar-refractivity contribution in [1.82, 2.24) is 14.8 Å². The van der Waals surface area contributed by atoms with Crippen molar-refractivity contribution in [1.29, 1.82) is 0 Å². The van der Waals surface area contributed by atoms with Crippen molar-refractivity contribution in [2.45, 2.75) is 32.2 Å². The molecule has 0 amide bonds. The molecule has 4 heteroatoms. The van der Waals surface area contributed by atoms with Crippen LogP contribution in [0.15, 0.2) is 36.9 Å². The zero-order valence-corrected chi connectivity index (χ0v) is 10.7. The molecule has 1 aromatic carbocycles. The average Bonchev–Trinajstić information content (AvgIpc) is 2.94. The second-order valence-electron chi connectivity index (χ2n) is 4.92. The molecule has 1 aliphatic heterocycles. The molecule has 2 heterocycles. The number of aromatic nitrogens is 3. The van der Waals surface area contributed by atoms with E-state index in [0.29, 0.717) is 6.04 Å². The van der Waals surface area contributed by atoms with Crippen LogP contribution in [0.2, 0.25) is 0 Å². The molecule has 0 radical (unpaired) electrons. The highest BCUT2D eigenvalue weighted by atomic mass is 15.2. The lowest BCUT2D eigenvalue weighted by molar-refractivity contribution is 0.485. The minimum atomic E-state index is 0.652. The Hall–Kier alpha value is -1.84. The molecule has 0 aliphatic carbocycles. The Kier molecular flexibility index (Phi) is 3.00. The Morgan fingerprint density at radius 1 is 1.00 bits per heavy atom. The van der Waals surface area contributed by atoms with Gasteiger partial charge in [0.1, 0.15) is 12.7 Å². The monoisotopic (exact) mass is 242 g/mol. The third-order valence-corrected chi connectivity index (χ3v) is 3.70. The first-order valence-electron chi connectivity index (χ1n) is 6.56. The lowest BCUT2D eigenvalue weighted by Gasteiger charge is -2.35. The molecule has 18 heavy (non-hydrogen) atoms. The summed E-state index contributed by atoms with van der Waals surface area (Å²) in [4.78, 5) is 2.50. The molecule has 1 aromatic heterocycles. The number of hydrogen-bond donors (Lipinski definition) is 0. The van der Waals surface area contributed by atoms with E-state index in [1.54, 1.807) is 12.7 Å². The van der Waals surface area contributed by atoms with Gasteiger partial charge in [0.25, 0.3) is 0 Å². The van der Waals surface area contributed by atoms with Gasteiger partial charge in [0, 0.05) is 24.0 Å². The summed E-state index contributed by atoms with van der Waals surface area (Å²) in [5, 5.41) is 7.65. The molecule has 1 atom stereocenters. The summed E-state index contributed by atoms with van der Waals surface area (Å²) in [5.41, 5.74) is 2.42. The molecule has 2 aromatic rings. The summed E-state index contributed by atoms with van der Waals surface area (Å²) >= 11 is 0. The van der Waals surface area contributed by atoms with E-state index in [0.717, 1.165) is 5.69 Å². The van der Waals surface area contributed by atoms with Crippen LogP contribution >= 0.6 is 0 Å². The zero-order valence-electron chi connectivity index (χ0n) is 10.7. The Balaban J connectivity index is 1.82. The quantitative estimate of drug-likeness (QED) is 0.812. The number of anilines is 1. The van der Waals surface area contributed by atoms with Gasteiger partial charge in [-0.25, -0.2) is 0 Å². The molecular weight excluding hydrogens is 224 g/mol. The highest BCUT2D eigenvalue weighted by Crippen LogP contribution is 2.25. The van der Waals surface area contributed by atoms with Crippen molar-refractivity contribution in [3.05, 3.63) is 36.9 Å². The molecule has 3 rings (SSSR count). The predicted molar refractivity (Wildman–Crippen MR) is 72.0 cm³/mol. The van der Waals surface area contributed by atoms with Crippen LogP contribution in [0.3, 0.4) is 0 Å². The van der Waals surface area contributed by atoms with Crippen LogP contribution in [0.5, 0.6) is 0 Å². The van der Waals surface area contributed by atoms with Gasteiger partial charge in [0.2, 0.25) is 0 Å². The van der Waals surface area contributed by atoms with Crippen molar-refractivity contribution in [3.8, 4) is 5.69 Å². The number of rotatable bonds is 2. The highest BCUT2D eigenvalue weighted by molar-refractivity contribution is 5.51. The fourth-order valence-corrected chi connectivity index (χ4v) is 2.63. The smallest absolute Gasteiger partial charge is 0.123 e. The lowest BCUT2D eigenvalue weighted by atomic mass is 10.0. The van der Waals surface area contributed by atoms with E-state index in [1.807, 2.05) is 4.57 Å². The van der Waals surface area contributed by atoms with Crippen LogP contribution in [-0.4, -0.2) is 27.4 Å². The van der Waals surface area contributed by atoms with Crippen molar-refractivity contribution >= 4 is 5.69 Å². The van der Waals surface area contributed by atoms with Crippen molar-refractivity contribution < 1.29 is 0 Å². The summed E-state index contributed by atoms with van der Waals surface area (Å²) < 4.78 is 1.92. The van der Waals surface area contributed by atoms with Crippen LogP contribution in [0.25, 0.3) is 5.69 Å². The molecule has 0 unspecified atom stereocenters. The van der Waals surface area contributed by atoms with E-state index in [2.05, 4.69) is 46.3 Å². The fraction of sp³-hybridized carbons (Fsp3) is 0.429. The maximum absolute atomic E-state index is 3.83. The molecule has 0 bridgehead atoms. The summed E-state index contributed by atoms with van der Waals surface area (Å²) in [7, 11) is 0. The zero-order chi connectivity index (χ0) is 12.4. The molecule has 1 aliphatic rings. The molecule has 1 fully saturated rings. The molecule has 94 valence electrons. The molecule has 0 saturated carbocycles. The number of hydrogen-bond acceptors (Lipinski definition) is 3. The van der Waals surface area contributed by atoms with Crippen molar-refractivity contribution in [2.75, 3.05) is 11.4 Å². The molecule has 0 N–H and O–H groups in total. The fourth-order valence-electron chi connectivity index (χ4n) is 2.63. The summed E-state index contributed by atoms with van der Waals surface area (Å²) in [6.45, 7) is 3.49. The minimum absolute atomic E-state index is 0.652. The number of nitrogens with zero attached hydrogens (tertiary/aromatic N) is 4. The topological polar surface area (TPSA) is 34.0 Å². The molecule has 4 nitrogen and oxygen atoms in total. The maximum Gasteiger partial charge on any atom is 0.123 e. The van der Waals surface area contributed by atoms with Gasteiger partial charge in [-0.3, -0.25) is 4.57 Å². The van der Waals surface area contributed by atoms with Crippen LogP contribution in [0, 0.1) is 0 Å². The number of benzene rings is 1. The maximum atomic E-state index is 3.83. The van der Waals surface area contributed by atoms with E-state index in [9.17, 15) is 0 Å². The van der Waals surface area contributed by atoms with Gasteiger partial charge in [-0.1, -0.05) is 0 Å². The summed E-state index contributed by atoms with van der Waals surface area (Å²) in [6, 6.07) is 9.29. The average molecular weight is 242 g/mol. The number of piperidine rings is 1. The van der Waals surface area contributed by atoms with E-state index in [1.165, 1.54) is 31.5 Å². The first-order valence-corrected chi connectivity index (χ1v) is 6.56.